The molecule has 0 aliphatic heterocycles. The molecule has 0 radical (unpaired) electrons. The van der Waals surface area contributed by atoms with Crippen molar-refractivity contribution in [2.75, 3.05) is 5.43 Å². The zero-order chi connectivity index (χ0) is 23.0. The molecule has 0 spiro atoms. The number of nitrogens with one attached hydrogen (secondary N) is 2. The Morgan fingerprint density at radius 3 is 2.42 bits per heavy atom. The summed E-state index contributed by atoms with van der Waals surface area (Å²) in [6.45, 7) is 0. The van der Waals surface area contributed by atoms with Gasteiger partial charge in [-0.1, -0.05) is 0 Å². The minimum Gasteiger partial charge on any atom is -0.382 e. The molecule has 1 aromatic heterocycles. The Balaban J connectivity index is 2.21. The summed E-state index contributed by atoms with van der Waals surface area (Å²) >= 11 is 0. The predicted octanol–water partition coefficient (Wildman–Crippen LogP) is 4.02. The number of hydrogen-bond acceptors (Lipinski definition) is 5. The number of nitriles is 1. The van der Waals surface area contributed by atoms with Crippen LogP contribution in [0.3, 0.4) is 0 Å². The van der Waals surface area contributed by atoms with Crippen molar-refractivity contribution in [2.24, 2.45) is 10.8 Å². The fourth-order valence-corrected chi connectivity index (χ4v) is 3.27. The number of hydrazone groups is 1. The molecule has 1 aliphatic carbocycles. The fourth-order valence-electron chi connectivity index (χ4n) is 3.27. The van der Waals surface area contributed by atoms with E-state index in [4.69, 9.17) is 16.4 Å². The van der Waals surface area contributed by atoms with Gasteiger partial charge in [-0.15, -0.1) is 0 Å². The molecular formula is C18H15F6N7. The van der Waals surface area contributed by atoms with Gasteiger partial charge in [0.2, 0.25) is 5.71 Å². The molecule has 2 aromatic rings. The average molecular weight is 443 g/mol. The van der Waals surface area contributed by atoms with Gasteiger partial charge >= 0.3 is 12.4 Å². The molecule has 0 amide bonds. The molecule has 0 fully saturated rings. The van der Waals surface area contributed by atoms with Gasteiger partial charge < -0.3 is 5.73 Å². The van der Waals surface area contributed by atoms with Gasteiger partial charge in [-0.3, -0.25) is 10.8 Å². The molecule has 3 rings (SSSR count). The summed E-state index contributed by atoms with van der Waals surface area (Å²) < 4.78 is 81.0. The molecule has 4 N–H and O–H groups in total. The van der Waals surface area contributed by atoms with Crippen LogP contribution in [0.5, 0.6) is 0 Å². The molecule has 0 saturated carbocycles. The topological polar surface area (TPSA) is 116 Å². The normalized spacial score (nSPS) is 14.7. The molecule has 0 saturated heterocycles. The van der Waals surface area contributed by atoms with Crippen LogP contribution in [0.25, 0.3) is 5.69 Å². The maximum absolute atomic E-state index is 13.5. The first kappa shape index (κ1) is 22.1. The monoisotopic (exact) mass is 443 g/mol. The van der Waals surface area contributed by atoms with E-state index in [1.54, 1.807) is 0 Å². The molecular weight excluding hydrogens is 428 g/mol. The number of halogens is 6. The van der Waals surface area contributed by atoms with E-state index in [2.05, 4.69) is 15.6 Å². The standard InChI is InChI=1S/C18H15F6N7/c19-17(20,21)9-5-6-14(11(7-9)28-29-12(8-25)16(26)27)31-13-4-2-1-3-10(13)15(30-31)18(22,23)24/h5-7,28H,1-4H2,(H3,26,27)/b29-12+. The van der Waals surface area contributed by atoms with Crippen LogP contribution in [0.4, 0.5) is 32.0 Å². The van der Waals surface area contributed by atoms with Crippen molar-refractivity contribution in [3.63, 3.8) is 0 Å². The summed E-state index contributed by atoms with van der Waals surface area (Å²) in [4.78, 5) is 0. The first-order valence-corrected chi connectivity index (χ1v) is 8.91. The molecule has 13 heteroatoms. The number of amidine groups is 1. The SMILES string of the molecule is N#C/C(=N\Nc1cc(C(F)(F)F)ccc1-n1nc(C(F)(F)F)c2c1CCCC2)C(=N)N. The number of nitrogens with two attached hydrogens (primary N) is 1. The third-order valence-electron chi connectivity index (χ3n) is 4.65. The third-order valence-corrected chi connectivity index (χ3v) is 4.65. The van der Waals surface area contributed by atoms with Crippen LogP contribution in [0.2, 0.25) is 0 Å². The van der Waals surface area contributed by atoms with Gasteiger partial charge in [-0.25, -0.2) is 4.68 Å². The van der Waals surface area contributed by atoms with E-state index < -0.39 is 35.2 Å². The molecule has 1 aromatic carbocycles. The van der Waals surface area contributed by atoms with E-state index in [0.29, 0.717) is 25.0 Å². The number of anilines is 1. The maximum atomic E-state index is 13.5. The fraction of sp³-hybridized carbons (Fsp3) is 0.333. The number of benzene rings is 1. The second kappa shape index (κ2) is 7.93. The van der Waals surface area contributed by atoms with E-state index in [1.807, 2.05) is 0 Å². The molecule has 1 aliphatic rings. The van der Waals surface area contributed by atoms with Crippen molar-refractivity contribution in [1.29, 1.82) is 10.7 Å². The lowest BCUT2D eigenvalue weighted by Gasteiger charge is -2.17. The quantitative estimate of drug-likeness (QED) is 0.287. The van der Waals surface area contributed by atoms with Crippen molar-refractivity contribution in [3.8, 4) is 11.8 Å². The number of hydrogen-bond donors (Lipinski definition) is 3. The summed E-state index contributed by atoms with van der Waals surface area (Å²) in [6, 6.07) is 3.82. The summed E-state index contributed by atoms with van der Waals surface area (Å²) in [5, 5.41) is 23.3. The predicted molar refractivity (Wildman–Crippen MR) is 98.8 cm³/mol. The van der Waals surface area contributed by atoms with Crippen LogP contribution in [0.1, 0.15) is 35.4 Å². The Kier molecular flexibility index (Phi) is 5.66. The third kappa shape index (κ3) is 4.47. The summed E-state index contributed by atoms with van der Waals surface area (Å²) in [5.74, 6) is -0.737. The maximum Gasteiger partial charge on any atom is 0.435 e. The van der Waals surface area contributed by atoms with E-state index in [9.17, 15) is 26.3 Å². The Hall–Kier alpha value is -3.56. The Bertz CT molecular complexity index is 1090. The molecule has 31 heavy (non-hydrogen) atoms. The van der Waals surface area contributed by atoms with Gasteiger partial charge in [-0.2, -0.15) is 41.8 Å². The van der Waals surface area contributed by atoms with Gasteiger partial charge in [-0.05, 0) is 43.9 Å². The Morgan fingerprint density at radius 2 is 1.84 bits per heavy atom. The molecule has 0 bridgehead atoms. The number of nitrogens with zero attached hydrogens (tertiary/aromatic N) is 4. The first-order chi connectivity index (χ1) is 14.4. The van der Waals surface area contributed by atoms with E-state index in [1.165, 1.54) is 6.07 Å². The molecule has 0 atom stereocenters. The number of aromatic nitrogens is 2. The van der Waals surface area contributed by atoms with Crippen molar-refractivity contribution >= 4 is 17.2 Å². The second-order valence-electron chi connectivity index (χ2n) is 6.72. The highest BCUT2D eigenvalue weighted by Crippen LogP contribution is 2.39. The summed E-state index contributed by atoms with van der Waals surface area (Å²) in [7, 11) is 0. The summed E-state index contributed by atoms with van der Waals surface area (Å²) in [5.41, 5.74) is 4.38. The van der Waals surface area contributed by atoms with Gasteiger partial charge in [0.05, 0.1) is 16.9 Å². The molecule has 1 heterocycles. The van der Waals surface area contributed by atoms with Crippen LogP contribution in [-0.4, -0.2) is 21.3 Å². The molecule has 0 unspecified atom stereocenters. The minimum atomic E-state index is -4.74. The number of alkyl halides is 6. The first-order valence-electron chi connectivity index (χ1n) is 8.91. The Morgan fingerprint density at radius 1 is 1.16 bits per heavy atom. The van der Waals surface area contributed by atoms with Crippen LogP contribution in [0.15, 0.2) is 23.3 Å². The van der Waals surface area contributed by atoms with Gasteiger partial charge in [0, 0.05) is 11.3 Å². The van der Waals surface area contributed by atoms with E-state index in [0.717, 1.165) is 10.7 Å². The Labute approximate surface area is 171 Å². The van der Waals surface area contributed by atoms with Crippen molar-refractivity contribution in [1.82, 2.24) is 9.78 Å². The highest BCUT2D eigenvalue weighted by Gasteiger charge is 2.40. The lowest BCUT2D eigenvalue weighted by Crippen LogP contribution is -2.22. The van der Waals surface area contributed by atoms with Crippen LogP contribution < -0.4 is 11.2 Å². The number of rotatable bonds is 4. The van der Waals surface area contributed by atoms with Crippen molar-refractivity contribution in [3.05, 3.63) is 40.7 Å². The van der Waals surface area contributed by atoms with Crippen molar-refractivity contribution in [2.45, 2.75) is 38.0 Å². The lowest BCUT2D eigenvalue weighted by atomic mass is 9.95. The van der Waals surface area contributed by atoms with E-state index >= 15 is 0 Å². The molecule has 164 valence electrons. The van der Waals surface area contributed by atoms with Crippen LogP contribution in [-0.2, 0) is 25.2 Å². The van der Waals surface area contributed by atoms with E-state index in [-0.39, 0.29) is 35.5 Å². The van der Waals surface area contributed by atoms with Gasteiger partial charge in [0.25, 0.3) is 0 Å². The highest BCUT2D eigenvalue weighted by atomic mass is 19.4. The minimum absolute atomic E-state index is 0.00884. The lowest BCUT2D eigenvalue weighted by molar-refractivity contribution is -0.142. The van der Waals surface area contributed by atoms with Crippen molar-refractivity contribution < 1.29 is 26.3 Å². The van der Waals surface area contributed by atoms with Crippen LogP contribution in [0, 0.1) is 16.7 Å². The molecule has 7 nitrogen and oxygen atoms in total. The van der Waals surface area contributed by atoms with Crippen LogP contribution >= 0.6 is 0 Å². The average Bonchev–Trinajstić information content (AvgIpc) is 3.07. The zero-order valence-corrected chi connectivity index (χ0v) is 15.7. The second-order valence-corrected chi connectivity index (χ2v) is 6.72. The largest absolute Gasteiger partial charge is 0.435 e. The smallest absolute Gasteiger partial charge is 0.382 e. The highest BCUT2D eigenvalue weighted by molar-refractivity contribution is 6.45. The number of fused-ring (bicyclic) bond motifs is 1. The van der Waals surface area contributed by atoms with Gasteiger partial charge in [0.1, 0.15) is 6.07 Å². The zero-order valence-electron chi connectivity index (χ0n) is 15.7. The summed E-state index contributed by atoms with van der Waals surface area (Å²) in [6.07, 6.45) is -7.92. The van der Waals surface area contributed by atoms with Gasteiger partial charge in [0.15, 0.2) is 11.5 Å².